The average molecular weight is 367 g/mol. The van der Waals surface area contributed by atoms with Crippen LogP contribution in [0.5, 0.6) is 0 Å². The number of aromatic nitrogens is 2. The van der Waals surface area contributed by atoms with Crippen LogP contribution < -0.4 is 11.2 Å². The maximum absolute atomic E-state index is 12.8. The molecule has 3 heterocycles. The molecule has 0 saturated carbocycles. The summed E-state index contributed by atoms with van der Waals surface area (Å²) < 4.78 is 2.59. The molecule has 3 rings (SSSR count). The van der Waals surface area contributed by atoms with Crippen LogP contribution in [0.1, 0.15) is 29.1 Å². The Kier molecular flexibility index (Phi) is 4.56. The number of carbonyl (C=O) groups excluding carboxylic acids is 1. The van der Waals surface area contributed by atoms with Crippen molar-refractivity contribution in [2.75, 3.05) is 13.2 Å². The molecular formula is C16H21N3O5S. The van der Waals surface area contributed by atoms with E-state index in [1.165, 1.54) is 18.4 Å². The van der Waals surface area contributed by atoms with Gasteiger partial charge in [-0.25, -0.2) is 9.86 Å². The van der Waals surface area contributed by atoms with Crippen LogP contribution in [-0.4, -0.2) is 44.5 Å². The lowest BCUT2D eigenvalue weighted by Crippen LogP contribution is -2.39. The van der Waals surface area contributed by atoms with E-state index in [1.54, 1.807) is 11.5 Å². The van der Waals surface area contributed by atoms with Gasteiger partial charge in [-0.05, 0) is 12.8 Å². The first kappa shape index (κ1) is 17.8. The zero-order chi connectivity index (χ0) is 18.5. The summed E-state index contributed by atoms with van der Waals surface area (Å²) in [7, 11) is 1.41. The Morgan fingerprint density at radius 3 is 2.64 bits per heavy atom. The highest BCUT2D eigenvalue weighted by Crippen LogP contribution is 2.30. The molecule has 1 N–H and O–H groups in total. The van der Waals surface area contributed by atoms with Crippen LogP contribution in [-0.2, 0) is 18.4 Å². The molecule has 1 atom stereocenters. The molecule has 0 aliphatic carbocycles. The Morgan fingerprint density at radius 1 is 1.40 bits per heavy atom. The molecule has 1 aliphatic heterocycles. The van der Waals surface area contributed by atoms with Crippen molar-refractivity contribution in [2.24, 2.45) is 13.0 Å². The molecule has 0 bridgehead atoms. The van der Waals surface area contributed by atoms with E-state index in [9.17, 15) is 19.5 Å². The number of aliphatic hydroxyl groups is 1. The van der Waals surface area contributed by atoms with Gasteiger partial charge in [0.2, 0.25) is 0 Å². The van der Waals surface area contributed by atoms with Crippen LogP contribution in [0.4, 0.5) is 0 Å². The molecule has 0 radical (unpaired) electrons. The van der Waals surface area contributed by atoms with E-state index >= 15 is 0 Å². The fourth-order valence-corrected chi connectivity index (χ4v) is 4.10. The van der Waals surface area contributed by atoms with Gasteiger partial charge in [0.25, 0.3) is 11.5 Å². The van der Waals surface area contributed by atoms with Gasteiger partial charge in [-0.3, -0.25) is 23.6 Å². The predicted octanol–water partition coefficient (Wildman–Crippen LogP) is 0.474. The summed E-state index contributed by atoms with van der Waals surface area (Å²) in [6.07, 6.45) is -0.740. The molecule has 2 aromatic rings. The number of carbonyl (C=O) groups is 1. The molecule has 1 aliphatic rings. The van der Waals surface area contributed by atoms with Gasteiger partial charge in [-0.2, -0.15) is 0 Å². The highest BCUT2D eigenvalue weighted by molar-refractivity contribution is 7.19. The van der Waals surface area contributed by atoms with Gasteiger partial charge in [0.15, 0.2) is 0 Å². The molecule has 136 valence electrons. The standard InChI is InChI=1S/C16H21N3O5S/c1-8(2)5-18-15-12(13(21)17(4)16(18)23)11(9(3)25-15)14(22)19-6-10(20)7-24-19/h8,10,20H,5-7H2,1-4H3/t10-/m0/s1. The third kappa shape index (κ3) is 2.92. The van der Waals surface area contributed by atoms with Gasteiger partial charge in [0.05, 0.1) is 17.5 Å². The smallest absolute Gasteiger partial charge is 0.331 e. The van der Waals surface area contributed by atoms with Crippen LogP contribution in [0.2, 0.25) is 0 Å². The Hall–Kier alpha value is -1.97. The third-order valence-electron chi connectivity index (χ3n) is 4.13. The third-order valence-corrected chi connectivity index (χ3v) is 5.26. The van der Waals surface area contributed by atoms with Gasteiger partial charge < -0.3 is 5.11 Å². The minimum Gasteiger partial charge on any atom is -0.389 e. The Bertz CT molecular complexity index is 955. The number of aliphatic hydroxyl groups excluding tert-OH is 1. The quantitative estimate of drug-likeness (QED) is 0.851. The second kappa shape index (κ2) is 6.40. The second-order valence-corrected chi connectivity index (χ2v) is 7.88. The van der Waals surface area contributed by atoms with E-state index in [-0.39, 0.29) is 35.7 Å². The number of hydrogen-bond donors (Lipinski definition) is 1. The molecule has 1 fully saturated rings. The number of β-amino-alcohol motifs (C(OH)–C–C–N with tert-alkyl or cyclic N) is 1. The first-order valence-electron chi connectivity index (χ1n) is 8.08. The van der Waals surface area contributed by atoms with Gasteiger partial charge in [0, 0.05) is 18.5 Å². The Labute approximate surface area is 147 Å². The minimum absolute atomic E-state index is 0.0446. The van der Waals surface area contributed by atoms with Gasteiger partial charge in [-0.15, -0.1) is 11.3 Å². The van der Waals surface area contributed by atoms with Crippen molar-refractivity contribution >= 4 is 27.5 Å². The SMILES string of the molecule is Cc1sc2c(c1C(=O)N1C[C@H](O)CO1)c(=O)n(C)c(=O)n2CC(C)C. The number of aryl methyl sites for hydroxylation is 1. The van der Waals surface area contributed by atoms with Crippen molar-refractivity contribution in [3.8, 4) is 0 Å². The molecule has 8 nitrogen and oxygen atoms in total. The van der Waals surface area contributed by atoms with E-state index < -0.39 is 17.6 Å². The van der Waals surface area contributed by atoms with Crippen LogP contribution in [0.3, 0.4) is 0 Å². The summed E-state index contributed by atoms with van der Waals surface area (Å²) >= 11 is 1.26. The van der Waals surface area contributed by atoms with Gasteiger partial charge in [0.1, 0.15) is 17.5 Å². The molecule has 2 aromatic heterocycles. The van der Waals surface area contributed by atoms with Crippen molar-refractivity contribution in [3.63, 3.8) is 0 Å². The van der Waals surface area contributed by atoms with Crippen LogP contribution in [0, 0.1) is 12.8 Å². The zero-order valence-electron chi connectivity index (χ0n) is 14.6. The molecule has 0 aromatic carbocycles. The van der Waals surface area contributed by atoms with E-state index in [0.29, 0.717) is 16.3 Å². The van der Waals surface area contributed by atoms with E-state index in [0.717, 1.165) is 9.63 Å². The molecule has 1 saturated heterocycles. The summed E-state index contributed by atoms with van der Waals surface area (Å²) in [5, 5.41) is 10.9. The van der Waals surface area contributed by atoms with Crippen LogP contribution in [0.25, 0.3) is 10.2 Å². The molecule has 0 unspecified atom stereocenters. The van der Waals surface area contributed by atoms with Gasteiger partial charge >= 0.3 is 5.69 Å². The lowest BCUT2D eigenvalue weighted by atomic mass is 10.1. The number of rotatable bonds is 3. The Morgan fingerprint density at radius 2 is 2.08 bits per heavy atom. The first-order valence-corrected chi connectivity index (χ1v) is 8.89. The number of hydrogen-bond acceptors (Lipinski definition) is 6. The fourth-order valence-electron chi connectivity index (χ4n) is 2.96. The van der Waals surface area contributed by atoms with Crippen molar-refractivity contribution in [1.29, 1.82) is 0 Å². The summed E-state index contributed by atoms with van der Waals surface area (Å²) in [6, 6.07) is 0. The highest BCUT2D eigenvalue weighted by Gasteiger charge is 2.32. The lowest BCUT2D eigenvalue weighted by Gasteiger charge is -2.14. The summed E-state index contributed by atoms with van der Waals surface area (Å²) in [6.45, 7) is 6.26. The minimum atomic E-state index is -0.740. The predicted molar refractivity (Wildman–Crippen MR) is 93.9 cm³/mol. The fraction of sp³-hybridized carbons (Fsp3) is 0.562. The summed E-state index contributed by atoms with van der Waals surface area (Å²) in [4.78, 5) is 44.4. The molecular weight excluding hydrogens is 346 g/mol. The molecule has 0 spiro atoms. The monoisotopic (exact) mass is 367 g/mol. The molecule has 25 heavy (non-hydrogen) atoms. The van der Waals surface area contributed by atoms with E-state index in [4.69, 9.17) is 4.84 Å². The number of fused-ring (bicyclic) bond motifs is 1. The Balaban J connectivity index is 2.26. The van der Waals surface area contributed by atoms with Crippen LogP contribution >= 0.6 is 11.3 Å². The number of amides is 1. The number of thiophene rings is 1. The topological polar surface area (TPSA) is 93.8 Å². The second-order valence-electron chi connectivity index (χ2n) is 6.68. The van der Waals surface area contributed by atoms with E-state index in [1.807, 2.05) is 13.8 Å². The zero-order valence-corrected chi connectivity index (χ0v) is 15.4. The van der Waals surface area contributed by atoms with Gasteiger partial charge in [-0.1, -0.05) is 13.8 Å². The van der Waals surface area contributed by atoms with Crippen molar-refractivity contribution in [3.05, 3.63) is 31.3 Å². The maximum Gasteiger partial charge on any atom is 0.331 e. The maximum atomic E-state index is 12.8. The number of nitrogens with zero attached hydrogens (tertiary/aromatic N) is 3. The lowest BCUT2D eigenvalue weighted by molar-refractivity contribution is -0.0778. The van der Waals surface area contributed by atoms with Crippen molar-refractivity contribution < 1.29 is 14.7 Å². The summed E-state index contributed by atoms with van der Waals surface area (Å²) in [5.74, 6) is -0.260. The summed E-state index contributed by atoms with van der Waals surface area (Å²) in [5.41, 5.74) is -0.640. The van der Waals surface area contributed by atoms with E-state index in [2.05, 4.69) is 0 Å². The average Bonchev–Trinajstić information content (AvgIpc) is 3.12. The highest BCUT2D eigenvalue weighted by atomic mass is 32.1. The number of hydroxylamine groups is 2. The van der Waals surface area contributed by atoms with Crippen molar-refractivity contribution in [1.82, 2.24) is 14.2 Å². The largest absolute Gasteiger partial charge is 0.389 e. The van der Waals surface area contributed by atoms with Crippen molar-refractivity contribution in [2.45, 2.75) is 33.4 Å². The molecule has 9 heteroatoms. The first-order chi connectivity index (χ1) is 11.7. The van der Waals surface area contributed by atoms with Crippen LogP contribution in [0.15, 0.2) is 9.59 Å². The molecule has 1 amide bonds. The normalized spacial score (nSPS) is 17.8.